The third-order valence-electron chi connectivity index (χ3n) is 3.11. The highest BCUT2D eigenvalue weighted by atomic mass is 79.9. The number of ether oxygens (including phenoxy) is 1. The maximum atomic E-state index is 12.0. The van der Waals surface area contributed by atoms with E-state index in [0.717, 1.165) is 10.2 Å². The molecule has 0 atom stereocenters. The van der Waals surface area contributed by atoms with Crippen molar-refractivity contribution in [2.24, 2.45) is 0 Å². The van der Waals surface area contributed by atoms with Crippen LogP contribution < -0.4 is 10.6 Å². The summed E-state index contributed by atoms with van der Waals surface area (Å²) in [6.07, 6.45) is 0.280. The Balaban J connectivity index is 1.89. The molecular weight excluding hydrogens is 360 g/mol. The number of anilines is 2. The average molecular weight is 377 g/mol. The highest BCUT2D eigenvalue weighted by Crippen LogP contribution is 2.17. The number of esters is 1. The number of hydrogen-bond donors (Lipinski definition) is 2. The van der Waals surface area contributed by atoms with Crippen molar-refractivity contribution in [1.29, 1.82) is 0 Å². The fourth-order valence-corrected chi connectivity index (χ4v) is 2.41. The van der Waals surface area contributed by atoms with E-state index in [9.17, 15) is 9.59 Å². The Labute approximate surface area is 143 Å². The van der Waals surface area contributed by atoms with Gasteiger partial charge in [-0.2, -0.15) is 0 Å². The molecule has 0 bridgehead atoms. The summed E-state index contributed by atoms with van der Waals surface area (Å²) < 4.78 is 5.67. The van der Waals surface area contributed by atoms with Gasteiger partial charge in [-0.3, -0.25) is 4.79 Å². The van der Waals surface area contributed by atoms with Crippen LogP contribution in [-0.2, 0) is 9.53 Å². The Kier molecular flexibility index (Phi) is 6.17. The molecular formula is C17H17BrN2O3. The van der Waals surface area contributed by atoms with Gasteiger partial charge in [0.05, 0.1) is 18.4 Å². The molecule has 0 unspecified atom stereocenters. The molecule has 0 fully saturated rings. The summed E-state index contributed by atoms with van der Waals surface area (Å²) in [4.78, 5) is 23.7. The van der Waals surface area contributed by atoms with Gasteiger partial charge in [0.15, 0.2) is 0 Å². The molecule has 2 rings (SSSR count). The number of benzene rings is 2. The van der Waals surface area contributed by atoms with Crippen molar-refractivity contribution in [2.45, 2.75) is 6.42 Å². The van der Waals surface area contributed by atoms with E-state index in [1.165, 1.54) is 7.11 Å². The highest BCUT2D eigenvalue weighted by molar-refractivity contribution is 9.10. The van der Waals surface area contributed by atoms with Gasteiger partial charge in [0.25, 0.3) is 0 Å². The fraction of sp³-hybridized carbons (Fsp3) is 0.176. The number of nitrogens with one attached hydrogen (secondary N) is 2. The van der Waals surface area contributed by atoms with Crippen LogP contribution in [0.2, 0.25) is 0 Å². The smallest absolute Gasteiger partial charge is 0.339 e. The first-order valence-electron chi connectivity index (χ1n) is 7.07. The lowest BCUT2D eigenvalue weighted by atomic mass is 10.1. The van der Waals surface area contributed by atoms with Crippen molar-refractivity contribution < 1.29 is 14.3 Å². The molecule has 0 aliphatic rings. The summed E-state index contributed by atoms with van der Waals surface area (Å²) in [7, 11) is 1.31. The van der Waals surface area contributed by atoms with Gasteiger partial charge in [-0.25, -0.2) is 4.79 Å². The van der Waals surface area contributed by atoms with Crippen molar-refractivity contribution in [3.05, 3.63) is 58.6 Å². The number of carbonyl (C=O) groups excluding carboxylic acids is 2. The van der Waals surface area contributed by atoms with Gasteiger partial charge in [-0.1, -0.05) is 34.1 Å². The van der Waals surface area contributed by atoms with E-state index in [0.29, 0.717) is 17.8 Å². The quantitative estimate of drug-likeness (QED) is 0.754. The van der Waals surface area contributed by atoms with Crippen molar-refractivity contribution >= 4 is 39.2 Å². The van der Waals surface area contributed by atoms with Crippen LogP contribution in [0, 0.1) is 0 Å². The standard InChI is InChI=1S/C17H17BrN2O3/c1-23-17(22)14-7-2-3-8-15(14)20-16(21)9-10-19-13-6-4-5-12(18)11-13/h2-8,11,19H,9-10H2,1H3,(H,20,21). The summed E-state index contributed by atoms with van der Waals surface area (Å²) in [5, 5.41) is 5.90. The van der Waals surface area contributed by atoms with E-state index < -0.39 is 5.97 Å². The molecule has 5 nitrogen and oxygen atoms in total. The van der Waals surface area contributed by atoms with E-state index in [-0.39, 0.29) is 12.3 Å². The number of rotatable bonds is 6. The molecule has 0 aromatic heterocycles. The predicted molar refractivity (Wildman–Crippen MR) is 93.7 cm³/mol. The Bertz CT molecular complexity index is 704. The van der Waals surface area contributed by atoms with Crippen molar-refractivity contribution in [3.63, 3.8) is 0 Å². The molecule has 0 heterocycles. The van der Waals surface area contributed by atoms with Gasteiger partial charge in [0.2, 0.25) is 5.91 Å². The number of methoxy groups -OCH3 is 1. The van der Waals surface area contributed by atoms with Crippen molar-refractivity contribution in [3.8, 4) is 0 Å². The van der Waals surface area contributed by atoms with Gasteiger partial charge in [-0.05, 0) is 30.3 Å². The summed E-state index contributed by atoms with van der Waals surface area (Å²) in [5.41, 5.74) is 1.72. The van der Waals surface area contributed by atoms with Crippen LogP contribution in [-0.4, -0.2) is 25.5 Å². The second-order valence-corrected chi connectivity index (χ2v) is 5.69. The normalized spacial score (nSPS) is 10.0. The van der Waals surface area contributed by atoms with Crippen LogP contribution in [0.15, 0.2) is 53.0 Å². The summed E-state index contributed by atoms with van der Waals surface area (Å²) in [6, 6.07) is 14.5. The average Bonchev–Trinajstić information content (AvgIpc) is 2.55. The largest absolute Gasteiger partial charge is 0.465 e. The van der Waals surface area contributed by atoms with E-state index in [2.05, 4.69) is 26.6 Å². The molecule has 2 N–H and O–H groups in total. The minimum atomic E-state index is -0.479. The van der Waals surface area contributed by atoms with Crippen LogP contribution >= 0.6 is 15.9 Å². The van der Waals surface area contributed by atoms with E-state index >= 15 is 0 Å². The minimum Gasteiger partial charge on any atom is -0.465 e. The van der Waals surface area contributed by atoms with Gasteiger partial charge < -0.3 is 15.4 Å². The number of halogens is 1. The topological polar surface area (TPSA) is 67.4 Å². The van der Waals surface area contributed by atoms with Crippen molar-refractivity contribution in [2.75, 3.05) is 24.3 Å². The zero-order chi connectivity index (χ0) is 16.7. The van der Waals surface area contributed by atoms with Crippen LogP contribution in [0.3, 0.4) is 0 Å². The predicted octanol–water partition coefficient (Wildman–Crippen LogP) is 3.68. The lowest BCUT2D eigenvalue weighted by Gasteiger charge is -2.10. The third kappa shape index (κ3) is 5.10. The van der Waals surface area contributed by atoms with Crippen molar-refractivity contribution in [1.82, 2.24) is 0 Å². The lowest BCUT2D eigenvalue weighted by Crippen LogP contribution is -2.18. The summed E-state index contributed by atoms with van der Waals surface area (Å²) in [5.74, 6) is -0.656. The van der Waals surface area contributed by atoms with E-state index in [1.54, 1.807) is 24.3 Å². The Hall–Kier alpha value is -2.34. The van der Waals surface area contributed by atoms with Gasteiger partial charge >= 0.3 is 5.97 Å². The molecule has 0 saturated heterocycles. The zero-order valence-electron chi connectivity index (χ0n) is 12.6. The first-order valence-corrected chi connectivity index (χ1v) is 7.86. The molecule has 0 radical (unpaired) electrons. The van der Waals surface area contributed by atoms with E-state index in [1.807, 2.05) is 24.3 Å². The number of para-hydroxylation sites is 1. The Morgan fingerprint density at radius 2 is 1.91 bits per heavy atom. The molecule has 23 heavy (non-hydrogen) atoms. The summed E-state index contributed by atoms with van der Waals surface area (Å²) in [6.45, 7) is 0.489. The van der Waals surface area contributed by atoms with Crippen LogP contribution in [0.5, 0.6) is 0 Å². The SMILES string of the molecule is COC(=O)c1ccccc1NC(=O)CCNc1cccc(Br)c1. The summed E-state index contributed by atoms with van der Waals surface area (Å²) >= 11 is 3.39. The Morgan fingerprint density at radius 1 is 1.13 bits per heavy atom. The molecule has 0 aliphatic carbocycles. The maximum Gasteiger partial charge on any atom is 0.339 e. The first kappa shape index (κ1) is 17.0. The minimum absolute atomic E-state index is 0.177. The second-order valence-electron chi connectivity index (χ2n) is 4.77. The Morgan fingerprint density at radius 3 is 2.65 bits per heavy atom. The van der Waals surface area contributed by atoms with Gasteiger partial charge in [-0.15, -0.1) is 0 Å². The lowest BCUT2D eigenvalue weighted by molar-refractivity contribution is -0.115. The third-order valence-corrected chi connectivity index (χ3v) is 3.61. The molecule has 0 aliphatic heterocycles. The van der Waals surface area contributed by atoms with E-state index in [4.69, 9.17) is 4.74 Å². The molecule has 2 aromatic carbocycles. The molecule has 6 heteroatoms. The second kappa shape index (κ2) is 8.33. The number of amides is 1. The molecule has 2 aromatic rings. The number of hydrogen-bond acceptors (Lipinski definition) is 4. The number of carbonyl (C=O) groups is 2. The van der Waals surface area contributed by atoms with Gasteiger partial charge in [0.1, 0.15) is 0 Å². The first-order chi connectivity index (χ1) is 11.1. The van der Waals surface area contributed by atoms with Crippen LogP contribution in [0.25, 0.3) is 0 Å². The molecule has 0 spiro atoms. The monoisotopic (exact) mass is 376 g/mol. The van der Waals surface area contributed by atoms with Gasteiger partial charge in [0, 0.05) is 23.1 Å². The molecule has 120 valence electrons. The van der Waals surface area contributed by atoms with Crippen LogP contribution in [0.4, 0.5) is 11.4 Å². The van der Waals surface area contributed by atoms with Crippen LogP contribution in [0.1, 0.15) is 16.8 Å². The molecule has 0 saturated carbocycles. The highest BCUT2D eigenvalue weighted by Gasteiger charge is 2.12. The zero-order valence-corrected chi connectivity index (χ0v) is 14.2. The fourth-order valence-electron chi connectivity index (χ4n) is 2.01. The maximum absolute atomic E-state index is 12.0. The molecule has 1 amide bonds.